The fourth-order valence-corrected chi connectivity index (χ4v) is 3.13. The molecule has 2 N–H and O–H groups in total. The standard InChI is InChI=1S/C17H19N5O2/c1-22-16(24)20-14(21-22)15(23)19-11-17(6-3-7-17)9-12-4-2-5-13(8-12)10-18/h2,4-5,8H,3,6-7,9,11H2,1H3,(H,19,23)(H,20,21,24). The van der Waals surface area contributed by atoms with Gasteiger partial charge >= 0.3 is 5.69 Å². The molecule has 0 aliphatic heterocycles. The van der Waals surface area contributed by atoms with E-state index in [0.717, 1.165) is 35.9 Å². The topological polar surface area (TPSA) is 104 Å². The number of carbonyl (C=O) groups excluding carboxylic acids is 1. The van der Waals surface area contributed by atoms with Crippen molar-refractivity contribution in [1.82, 2.24) is 20.1 Å². The maximum Gasteiger partial charge on any atom is 0.343 e. The quantitative estimate of drug-likeness (QED) is 0.859. The number of aromatic amines is 1. The molecule has 7 nitrogen and oxygen atoms in total. The predicted molar refractivity (Wildman–Crippen MR) is 87.3 cm³/mol. The van der Waals surface area contributed by atoms with Gasteiger partial charge in [0, 0.05) is 13.6 Å². The number of amides is 1. The third-order valence-corrected chi connectivity index (χ3v) is 4.66. The number of hydrogen-bond donors (Lipinski definition) is 2. The van der Waals surface area contributed by atoms with E-state index >= 15 is 0 Å². The SMILES string of the molecule is Cn1nc(C(=O)NCC2(Cc3cccc(C#N)c3)CCC2)[nH]c1=O. The van der Waals surface area contributed by atoms with E-state index in [0.29, 0.717) is 12.1 Å². The monoisotopic (exact) mass is 325 g/mol. The number of nitrogens with one attached hydrogen (secondary N) is 2. The second kappa shape index (κ2) is 6.32. The lowest BCUT2D eigenvalue weighted by molar-refractivity contribution is 0.0850. The van der Waals surface area contributed by atoms with E-state index in [1.54, 1.807) is 6.07 Å². The van der Waals surface area contributed by atoms with E-state index in [1.807, 2.05) is 18.2 Å². The van der Waals surface area contributed by atoms with Gasteiger partial charge in [-0.3, -0.25) is 9.78 Å². The van der Waals surface area contributed by atoms with E-state index in [1.165, 1.54) is 7.05 Å². The largest absolute Gasteiger partial charge is 0.349 e. The zero-order valence-electron chi connectivity index (χ0n) is 13.5. The average Bonchev–Trinajstić information content (AvgIpc) is 2.89. The highest BCUT2D eigenvalue weighted by Gasteiger charge is 2.37. The third-order valence-electron chi connectivity index (χ3n) is 4.66. The van der Waals surface area contributed by atoms with Gasteiger partial charge in [0.05, 0.1) is 11.6 Å². The van der Waals surface area contributed by atoms with Crippen LogP contribution in [0.1, 0.15) is 41.0 Å². The second-order valence-electron chi connectivity index (χ2n) is 6.43. The predicted octanol–water partition coefficient (Wildman–Crippen LogP) is 1.12. The molecule has 1 heterocycles. The molecule has 1 aliphatic rings. The molecule has 0 radical (unpaired) electrons. The summed E-state index contributed by atoms with van der Waals surface area (Å²) < 4.78 is 1.10. The van der Waals surface area contributed by atoms with Gasteiger partial charge in [-0.15, -0.1) is 5.10 Å². The lowest BCUT2D eigenvalue weighted by Gasteiger charge is -2.42. The van der Waals surface area contributed by atoms with Crippen molar-refractivity contribution in [1.29, 1.82) is 5.26 Å². The molecule has 24 heavy (non-hydrogen) atoms. The minimum Gasteiger partial charge on any atom is -0.349 e. The summed E-state index contributed by atoms with van der Waals surface area (Å²) in [5.41, 5.74) is 1.36. The van der Waals surface area contributed by atoms with E-state index < -0.39 is 5.69 Å². The van der Waals surface area contributed by atoms with Crippen molar-refractivity contribution in [3.05, 3.63) is 51.7 Å². The first-order valence-corrected chi connectivity index (χ1v) is 7.92. The van der Waals surface area contributed by atoms with E-state index in [-0.39, 0.29) is 17.1 Å². The zero-order chi connectivity index (χ0) is 17.2. The summed E-state index contributed by atoms with van der Waals surface area (Å²) in [6.07, 6.45) is 4.02. The van der Waals surface area contributed by atoms with Crippen molar-refractivity contribution in [3.63, 3.8) is 0 Å². The summed E-state index contributed by atoms with van der Waals surface area (Å²) in [4.78, 5) is 25.9. The molecule has 124 valence electrons. The van der Waals surface area contributed by atoms with Gasteiger partial charge in [-0.1, -0.05) is 18.6 Å². The van der Waals surface area contributed by atoms with Crippen LogP contribution in [0.15, 0.2) is 29.1 Å². The van der Waals surface area contributed by atoms with Crippen molar-refractivity contribution in [3.8, 4) is 6.07 Å². The summed E-state index contributed by atoms with van der Waals surface area (Å²) in [5.74, 6) is -0.340. The molecule has 1 saturated carbocycles. The molecule has 7 heteroatoms. The molecule has 0 unspecified atom stereocenters. The van der Waals surface area contributed by atoms with Crippen molar-refractivity contribution < 1.29 is 4.79 Å². The summed E-state index contributed by atoms with van der Waals surface area (Å²) in [7, 11) is 1.49. The molecule has 1 amide bonds. The molecule has 1 aromatic carbocycles. The number of rotatable bonds is 5. The fourth-order valence-electron chi connectivity index (χ4n) is 3.13. The van der Waals surface area contributed by atoms with Gasteiger partial charge in [0.25, 0.3) is 5.91 Å². The summed E-state index contributed by atoms with van der Waals surface area (Å²) in [6.45, 7) is 0.529. The number of nitrogens with zero attached hydrogens (tertiary/aromatic N) is 3. The molecular formula is C17H19N5O2. The number of carbonyl (C=O) groups is 1. The Kier molecular flexibility index (Phi) is 4.21. The van der Waals surface area contributed by atoms with Crippen LogP contribution in [0.3, 0.4) is 0 Å². The summed E-state index contributed by atoms with van der Waals surface area (Å²) in [5, 5.41) is 15.8. The molecule has 3 rings (SSSR count). The van der Waals surface area contributed by atoms with E-state index in [9.17, 15) is 9.59 Å². The normalized spacial score (nSPS) is 15.3. The third kappa shape index (κ3) is 3.23. The van der Waals surface area contributed by atoms with Crippen molar-refractivity contribution >= 4 is 5.91 Å². The van der Waals surface area contributed by atoms with Crippen molar-refractivity contribution in [2.24, 2.45) is 12.5 Å². The molecule has 0 spiro atoms. The highest BCUT2D eigenvalue weighted by atomic mass is 16.2. The van der Waals surface area contributed by atoms with Crippen LogP contribution in [-0.4, -0.2) is 27.2 Å². The number of benzene rings is 1. The molecule has 1 aromatic heterocycles. The molecule has 1 aliphatic carbocycles. The van der Waals surface area contributed by atoms with Crippen LogP contribution in [0.5, 0.6) is 0 Å². The molecule has 2 aromatic rings. The van der Waals surface area contributed by atoms with Crippen LogP contribution in [0.4, 0.5) is 0 Å². The minimum absolute atomic E-state index is 0.0127. The number of hydrogen-bond acceptors (Lipinski definition) is 4. The first-order valence-electron chi connectivity index (χ1n) is 7.92. The van der Waals surface area contributed by atoms with E-state index in [4.69, 9.17) is 5.26 Å². The first-order chi connectivity index (χ1) is 11.5. The van der Waals surface area contributed by atoms with Gasteiger partial charge in [-0.2, -0.15) is 5.26 Å². The van der Waals surface area contributed by atoms with Gasteiger partial charge in [0.15, 0.2) is 0 Å². The summed E-state index contributed by atoms with van der Waals surface area (Å²) >= 11 is 0. The van der Waals surface area contributed by atoms with Gasteiger partial charge in [-0.05, 0) is 42.4 Å². The lowest BCUT2D eigenvalue weighted by atomic mass is 9.65. The van der Waals surface area contributed by atoms with Gasteiger partial charge < -0.3 is 5.32 Å². The molecule has 1 fully saturated rings. The number of H-pyrrole nitrogens is 1. The first kappa shape index (κ1) is 16.0. The fraction of sp³-hybridized carbons (Fsp3) is 0.412. The average molecular weight is 325 g/mol. The van der Waals surface area contributed by atoms with Crippen LogP contribution in [0.25, 0.3) is 0 Å². The highest BCUT2D eigenvalue weighted by Crippen LogP contribution is 2.43. The number of aryl methyl sites for hydroxylation is 1. The van der Waals surface area contributed by atoms with Crippen molar-refractivity contribution in [2.45, 2.75) is 25.7 Å². The maximum absolute atomic E-state index is 12.1. The maximum atomic E-state index is 12.1. The van der Waals surface area contributed by atoms with Crippen LogP contribution < -0.4 is 11.0 Å². The lowest BCUT2D eigenvalue weighted by Crippen LogP contribution is -2.44. The van der Waals surface area contributed by atoms with Gasteiger partial charge in [0.1, 0.15) is 0 Å². The minimum atomic E-state index is -0.410. The Bertz CT molecular complexity index is 854. The molecule has 0 saturated heterocycles. The van der Waals surface area contributed by atoms with Crippen LogP contribution in [-0.2, 0) is 13.5 Å². The van der Waals surface area contributed by atoms with Gasteiger partial charge in [-0.25, -0.2) is 9.48 Å². The van der Waals surface area contributed by atoms with Crippen LogP contribution in [0, 0.1) is 16.7 Å². The van der Waals surface area contributed by atoms with Crippen molar-refractivity contribution in [2.75, 3.05) is 6.54 Å². The summed E-state index contributed by atoms with van der Waals surface area (Å²) in [6, 6.07) is 9.74. The Morgan fingerprint density at radius 3 is 2.88 bits per heavy atom. The van der Waals surface area contributed by atoms with E-state index in [2.05, 4.69) is 21.5 Å². The Balaban J connectivity index is 1.66. The number of aromatic nitrogens is 3. The number of nitriles is 1. The van der Waals surface area contributed by atoms with Crippen LogP contribution in [0.2, 0.25) is 0 Å². The molecule has 0 bridgehead atoms. The Hall–Kier alpha value is -2.88. The Labute approximate surface area is 139 Å². The zero-order valence-corrected chi connectivity index (χ0v) is 13.5. The molecule has 0 atom stereocenters. The molecular weight excluding hydrogens is 306 g/mol. The Morgan fingerprint density at radius 2 is 2.29 bits per heavy atom. The smallest absolute Gasteiger partial charge is 0.343 e. The van der Waals surface area contributed by atoms with Gasteiger partial charge in [0.2, 0.25) is 5.82 Å². The van der Waals surface area contributed by atoms with Crippen LogP contribution >= 0.6 is 0 Å². The Morgan fingerprint density at radius 1 is 1.50 bits per heavy atom. The highest BCUT2D eigenvalue weighted by molar-refractivity contribution is 5.90. The second-order valence-corrected chi connectivity index (χ2v) is 6.43.